The average Bonchev–Trinajstić information content (AvgIpc) is 1.61. The number of aryl methyl sites for hydroxylation is 9. The van der Waals surface area contributed by atoms with Crippen molar-refractivity contribution in [2.24, 2.45) is 28.2 Å². The second kappa shape index (κ2) is 23.9. The largest absolute Gasteiger partial charge is 0.452 e. The zero-order chi connectivity index (χ0) is 70.9. The van der Waals surface area contributed by atoms with Gasteiger partial charge in [-0.05, 0) is 130 Å². The first-order valence-corrected chi connectivity index (χ1v) is 33.0. The van der Waals surface area contributed by atoms with E-state index in [-0.39, 0.29) is 5.69 Å². The Morgan fingerprint density at radius 3 is 1.22 bits per heavy atom. The van der Waals surface area contributed by atoms with Crippen molar-refractivity contribution in [2.75, 3.05) is 0 Å². The van der Waals surface area contributed by atoms with Gasteiger partial charge < -0.3 is 35.3 Å². The van der Waals surface area contributed by atoms with Gasteiger partial charge in [-0.2, -0.15) is 18.3 Å². The monoisotopic (exact) mass is 1320 g/mol. The summed E-state index contributed by atoms with van der Waals surface area (Å²) < 4.78 is 78.7. The highest BCUT2D eigenvalue weighted by atomic mass is 16.5. The lowest BCUT2D eigenvalue weighted by Crippen LogP contribution is -2.32. The van der Waals surface area contributed by atoms with Gasteiger partial charge in [-0.25, -0.2) is 9.97 Å². The number of fused-ring (bicyclic) bond motifs is 20. The Bertz CT molecular complexity index is 6800. The van der Waals surface area contributed by atoms with Crippen molar-refractivity contribution in [3.63, 3.8) is 0 Å². The topological polar surface area (TPSA) is 172 Å². The second-order valence-electron chi connectivity index (χ2n) is 25.9. The Balaban J connectivity index is 0.000000102. The molecular weight excluding hydrogens is 1250 g/mol. The van der Waals surface area contributed by atoms with Gasteiger partial charge in [0.2, 0.25) is 22.8 Å². The fourth-order valence-corrected chi connectivity index (χ4v) is 14.0. The molecule has 12 aromatic heterocycles. The molecule has 0 N–H and O–H groups in total. The average molecular weight is 1320 g/mol. The summed E-state index contributed by atoms with van der Waals surface area (Å²) in [5.74, 6) is 2.07. The molecule has 12 heterocycles. The van der Waals surface area contributed by atoms with Crippen molar-refractivity contribution in [1.29, 1.82) is 0 Å². The maximum atomic E-state index is 7.54. The van der Waals surface area contributed by atoms with Crippen molar-refractivity contribution in [2.45, 2.75) is 54.3 Å². The predicted octanol–water partition coefficient (Wildman–Crippen LogP) is 19.5. The quantitative estimate of drug-likeness (QED) is 0.150. The number of aromatic nitrogens is 8. The van der Waals surface area contributed by atoms with Crippen LogP contribution in [0.3, 0.4) is 0 Å². The molecule has 16 nitrogen and oxygen atoms in total. The molecule has 0 saturated carbocycles. The van der Waals surface area contributed by atoms with E-state index >= 15 is 0 Å². The van der Waals surface area contributed by atoms with Gasteiger partial charge >= 0.3 is 0 Å². The van der Waals surface area contributed by atoms with Crippen molar-refractivity contribution in [3.05, 3.63) is 241 Å². The fourth-order valence-electron chi connectivity index (χ4n) is 14.0. The highest BCUT2D eigenvalue weighted by molar-refractivity contribution is 6.20. The van der Waals surface area contributed by atoms with Crippen LogP contribution >= 0.6 is 0 Å². The lowest BCUT2D eigenvalue weighted by atomic mass is 10.0. The summed E-state index contributed by atoms with van der Waals surface area (Å²) in [6.07, 6.45) is 18.4. The molecule has 0 atom stereocenters. The van der Waals surface area contributed by atoms with Crippen LogP contribution in [0.5, 0.6) is 0 Å². The highest BCUT2D eigenvalue weighted by Gasteiger charge is 2.27. The third-order valence-electron chi connectivity index (χ3n) is 19.1. The van der Waals surface area contributed by atoms with Gasteiger partial charge in [0.1, 0.15) is 78.7 Å². The number of rotatable bonds is 5. The van der Waals surface area contributed by atoms with E-state index < -0.39 is 6.85 Å². The smallest absolute Gasteiger partial charge is 0.299 e. The molecular formula is C84H68N8O8+4. The molecule has 20 rings (SSSR count). The number of benzene rings is 8. The van der Waals surface area contributed by atoms with Crippen LogP contribution in [-0.2, 0) is 28.2 Å². The minimum absolute atomic E-state index is 0.0689. The van der Waals surface area contributed by atoms with E-state index in [2.05, 4.69) is 136 Å². The fraction of sp³-hybridized carbons (Fsp3) is 0.143. The molecule has 0 unspecified atom stereocenters. The summed E-state index contributed by atoms with van der Waals surface area (Å²) in [5, 5.41) is 11.4. The van der Waals surface area contributed by atoms with Gasteiger partial charge in [0, 0.05) is 42.3 Å². The molecule has 488 valence electrons. The van der Waals surface area contributed by atoms with Crippen molar-refractivity contribution in [3.8, 4) is 45.0 Å². The molecule has 0 amide bonds. The molecule has 100 heavy (non-hydrogen) atoms. The summed E-state index contributed by atoms with van der Waals surface area (Å²) in [4.78, 5) is 17.3. The van der Waals surface area contributed by atoms with Crippen molar-refractivity contribution < 1.29 is 57.7 Å². The van der Waals surface area contributed by atoms with Crippen LogP contribution in [0.1, 0.15) is 57.5 Å². The van der Waals surface area contributed by atoms with Crippen LogP contribution in [0, 0.1) is 34.5 Å². The van der Waals surface area contributed by atoms with E-state index in [4.69, 9.17) is 39.4 Å². The summed E-state index contributed by atoms with van der Waals surface area (Å²) in [5.41, 5.74) is 22.1. The summed E-state index contributed by atoms with van der Waals surface area (Å²) >= 11 is 0. The first-order valence-electron chi connectivity index (χ1n) is 34.5. The van der Waals surface area contributed by atoms with Gasteiger partial charge in [-0.3, -0.25) is 9.97 Å². The van der Waals surface area contributed by atoms with Crippen LogP contribution < -0.4 is 18.3 Å². The maximum absolute atomic E-state index is 7.54. The first kappa shape index (κ1) is 57.7. The van der Waals surface area contributed by atoms with Gasteiger partial charge in [-0.15, -0.1) is 0 Å². The minimum Gasteiger partial charge on any atom is -0.452 e. The first-order chi connectivity index (χ1) is 49.8. The Labute approximate surface area is 576 Å². The predicted molar refractivity (Wildman–Crippen MR) is 389 cm³/mol. The number of hydrogen-bond donors (Lipinski definition) is 0. The summed E-state index contributed by atoms with van der Waals surface area (Å²) in [6, 6.07) is 48.7. The Morgan fingerprint density at radius 1 is 0.360 bits per heavy atom. The molecule has 0 radical (unpaired) electrons. The van der Waals surface area contributed by atoms with Gasteiger partial charge in [-0.1, -0.05) is 86.6 Å². The molecule has 0 aliphatic carbocycles. The molecule has 0 saturated heterocycles. The van der Waals surface area contributed by atoms with Crippen molar-refractivity contribution in [1.82, 2.24) is 19.9 Å². The number of para-hydroxylation sites is 4. The van der Waals surface area contributed by atoms with Crippen LogP contribution in [-0.4, -0.2) is 19.9 Å². The normalized spacial score (nSPS) is 12.4. The van der Waals surface area contributed by atoms with Crippen LogP contribution in [0.2, 0.25) is 0 Å². The number of nitrogens with zero attached hydrogens (tertiary/aromatic N) is 8. The lowest BCUT2D eigenvalue weighted by Gasteiger charge is -2.07. The summed E-state index contributed by atoms with van der Waals surface area (Å²) in [7, 11) is 7.91. The zero-order valence-electron chi connectivity index (χ0n) is 59.6. The molecule has 8 aromatic carbocycles. The van der Waals surface area contributed by atoms with E-state index in [9.17, 15) is 0 Å². The van der Waals surface area contributed by atoms with Crippen LogP contribution in [0.25, 0.3) is 177 Å². The molecule has 0 aliphatic rings. The Kier molecular flexibility index (Phi) is 13.8. The van der Waals surface area contributed by atoms with Crippen LogP contribution in [0.15, 0.2) is 243 Å². The lowest BCUT2D eigenvalue weighted by molar-refractivity contribution is -0.661. The highest BCUT2D eigenvalue weighted by Crippen LogP contribution is 2.44. The van der Waals surface area contributed by atoms with E-state index in [0.717, 1.165) is 177 Å². The standard InChI is InChI=1S/C23H21N2O2.C21H17N2O2.2C20H15N2O2/c1-13(2)18-12-25(4)19(11-24-18)16-10-21-17(9-14(16)3)22-15-7-5-6-8-20(15)26-23(22)27-21;1-12-8-16-19(9-15(12)17-10-22-13(2)11-23(17)3)25-21-20(16)14-6-4-5-7-18(14)24-21;1-12-9-15-18(10-14(12)16-11-21-7-8-22(16)2)24-20-19(15)13-5-3-4-6-17(13)23-20;1-12-7-8-14-18(17(12)15-11-21-9-10-22(15)2)24-19-13-5-3-4-6-16(13)23-20(14)19/h5-13H,1-4H3;4-11H,1-3H3;2*3-11H,1-2H3/q4*+1/i;2D3;;. The Hall–Kier alpha value is -12.6. The SMILES string of the molecule is Cc1cc2c(cc1-c1cnc(C(C)C)c[n+]1C)oc1oc3ccccc3c12.Cc1cc2c(cc1-c1cncc[n+]1C)oc1oc3ccccc3c12.Cc1ccc2c(oc3c4ccccc4oc23)c1-c1cncc[n+]1C.[2H]C([2H])([2H])c1c[n+](C)c(-c2cc3oc4oc5ccccc5c4c3cc2C)cn1. The third kappa shape index (κ3) is 10.2. The van der Waals surface area contributed by atoms with Crippen molar-refractivity contribution >= 4 is 132 Å². The van der Waals surface area contributed by atoms with Crippen LogP contribution in [0.4, 0.5) is 0 Å². The maximum Gasteiger partial charge on any atom is 0.299 e. The summed E-state index contributed by atoms with van der Waals surface area (Å²) in [6.45, 7) is 10.4. The number of furan rings is 8. The number of hydrogen-bond acceptors (Lipinski definition) is 12. The zero-order valence-corrected chi connectivity index (χ0v) is 56.6. The molecule has 20 aromatic rings. The Morgan fingerprint density at radius 2 is 0.770 bits per heavy atom. The third-order valence-corrected chi connectivity index (χ3v) is 19.1. The minimum atomic E-state index is -2.23. The van der Waals surface area contributed by atoms with Gasteiger partial charge in [0.05, 0.1) is 86.4 Å². The van der Waals surface area contributed by atoms with E-state index in [0.29, 0.717) is 23.3 Å². The molecule has 0 aliphatic heterocycles. The van der Waals surface area contributed by atoms with E-state index in [1.54, 1.807) is 29.4 Å². The van der Waals surface area contributed by atoms with Gasteiger partial charge in [0.25, 0.3) is 17.3 Å². The molecule has 0 bridgehead atoms. The molecule has 0 spiro atoms. The molecule has 16 heteroatoms. The van der Waals surface area contributed by atoms with E-state index in [1.807, 2.05) is 150 Å². The van der Waals surface area contributed by atoms with E-state index in [1.165, 1.54) is 11.1 Å². The second-order valence-corrected chi connectivity index (χ2v) is 25.9. The molecule has 0 fully saturated rings. The van der Waals surface area contributed by atoms with Gasteiger partial charge in [0.15, 0.2) is 41.5 Å².